The molecule has 0 fully saturated rings. The lowest BCUT2D eigenvalue weighted by atomic mass is 9.85. The van der Waals surface area contributed by atoms with E-state index in [-0.39, 0.29) is 0 Å². The van der Waals surface area contributed by atoms with Gasteiger partial charge in [0.2, 0.25) is 0 Å². The molecule has 0 aromatic carbocycles. The largest absolute Gasteiger partial charge is 0.460 e. The highest BCUT2D eigenvalue weighted by molar-refractivity contribution is 7.87. The van der Waals surface area contributed by atoms with Crippen LogP contribution in [-0.4, -0.2) is 144 Å². The molecule has 0 saturated carbocycles. The van der Waals surface area contributed by atoms with Crippen molar-refractivity contribution in [3.63, 3.8) is 0 Å². The van der Waals surface area contributed by atoms with Crippen molar-refractivity contribution >= 4 is 20.2 Å². The minimum Gasteiger partial charge on any atom is -0.281 e. The molecule has 424 valence electrons. The van der Waals surface area contributed by atoms with Crippen LogP contribution in [-0.2, 0) is 20.2 Å². The van der Waals surface area contributed by atoms with Gasteiger partial charge in [0.15, 0.2) is 0 Å². The fourth-order valence-electron chi connectivity index (χ4n) is 3.41. The van der Waals surface area contributed by atoms with Gasteiger partial charge in [0.05, 0.1) is 0 Å². The molecule has 0 heterocycles. The van der Waals surface area contributed by atoms with Crippen molar-refractivity contribution in [2.75, 3.05) is 0 Å². The van der Waals surface area contributed by atoms with Crippen molar-refractivity contribution in [2.45, 2.75) is 118 Å². The van der Waals surface area contributed by atoms with E-state index in [0.29, 0.717) is 0 Å². The van der Waals surface area contributed by atoms with Crippen molar-refractivity contribution < 1.29 is 210 Å². The van der Waals surface area contributed by atoms with Crippen molar-refractivity contribution in [1.29, 1.82) is 0 Å². The molecule has 0 bridgehead atoms. The molecule has 0 saturated heterocycles. The van der Waals surface area contributed by atoms with E-state index in [1.807, 2.05) is 0 Å². The predicted molar refractivity (Wildman–Crippen MR) is 124 cm³/mol. The molecule has 0 aromatic rings. The van der Waals surface area contributed by atoms with Gasteiger partial charge in [-0.2, -0.15) is 201 Å². The molecule has 0 rings (SSSR count). The lowest BCUT2D eigenvalue weighted by molar-refractivity contribution is -0.480. The standard InChI is InChI=1S/C12HF25O3S.C8HF17O3S/c13-1(14,3(17,18)5(21,22)7(25,26)9(29,30)11(33,34)35)2(15,16)4(19,20)6(23,24)8(27,28)10(31,32)12(36,37)41(38,39)40;9-1(10,3(13,14)5(17,18)7(21,22)23)2(11,12)4(15,16)6(19,20)8(24,25)29(26,27)28/h(H,38,39,40);(H,26,27,28). The van der Waals surface area contributed by atoms with Gasteiger partial charge in [-0.3, -0.25) is 9.11 Å². The quantitative estimate of drug-likeness (QED) is 0.105. The Balaban J connectivity index is 0. The summed E-state index contributed by atoms with van der Waals surface area (Å²) < 4.78 is 597. The highest BCUT2D eigenvalue weighted by atomic mass is 32.2. The average molecular weight is 1200 g/mol. The first kappa shape index (κ1) is 69.0. The SMILES string of the molecule is O=S(=O)(O)C(F)(F)C(F)(F)C(F)(F)C(F)(F)C(F)(F)C(F)(F)C(F)(F)C(F)(F)C(F)(F)C(F)(F)C(F)(F)C(F)(F)F.O=S(=O)(O)C(F)(F)C(F)(F)C(F)(F)C(F)(F)C(F)(F)C(F)(F)C(F)(F)C(F)(F)F. The van der Waals surface area contributed by atoms with E-state index in [0.717, 1.165) is 0 Å². The van der Waals surface area contributed by atoms with Crippen molar-refractivity contribution in [3.05, 3.63) is 0 Å². The van der Waals surface area contributed by atoms with E-state index in [1.54, 1.807) is 0 Å². The second-order valence-electron chi connectivity index (χ2n) is 12.2. The number of halogens is 42. The molecule has 6 nitrogen and oxygen atoms in total. The van der Waals surface area contributed by atoms with E-state index >= 15 is 0 Å². The molecule has 2 N–H and O–H groups in total. The van der Waals surface area contributed by atoms with E-state index in [9.17, 15) is 201 Å². The zero-order chi connectivity index (χ0) is 59.0. The van der Waals surface area contributed by atoms with Crippen LogP contribution in [0.25, 0.3) is 0 Å². The van der Waals surface area contributed by atoms with E-state index in [1.165, 1.54) is 0 Å². The molecular formula is C20H2F42O6S2. The fourth-order valence-corrected chi connectivity index (χ4v) is 4.32. The number of hydrogen-bond acceptors (Lipinski definition) is 4. The summed E-state index contributed by atoms with van der Waals surface area (Å²) in [5.41, 5.74) is 0. The van der Waals surface area contributed by atoms with Crippen LogP contribution in [0.1, 0.15) is 0 Å². The maximum atomic E-state index is 13.5. The van der Waals surface area contributed by atoms with Gasteiger partial charge >= 0.3 is 138 Å². The molecule has 0 spiro atoms. The smallest absolute Gasteiger partial charge is 0.281 e. The van der Waals surface area contributed by atoms with Crippen molar-refractivity contribution in [1.82, 2.24) is 0 Å². The van der Waals surface area contributed by atoms with Crippen LogP contribution in [0.2, 0.25) is 0 Å². The zero-order valence-electron chi connectivity index (χ0n) is 29.2. The number of rotatable bonds is 18. The highest BCUT2D eigenvalue weighted by Gasteiger charge is 3.01. The Morgan fingerprint density at radius 3 is 0.343 bits per heavy atom. The zero-order valence-corrected chi connectivity index (χ0v) is 30.9. The minimum atomic E-state index is -9.76. The minimum absolute atomic E-state index is 7.67. The Kier molecular flexibility index (Phi) is 16.4. The summed E-state index contributed by atoms with van der Waals surface area (Å²) in [6, 6.07) is 0. The van der Waals surface area contributed by atoms with E-state index in [4.69, 9.17) is 9.11 Å². The van der Waals surface area contributed by atoms with Gasteiger partial charge in [0.1, 0.15) is 0 Å². The molecular weight excluding hydrogens is 1200 g/mol. The highest BCUT2D eigenvalue weighted by Crippen LogP contribution is 2.69. The fraction of sp³-hybridized carbons (Fsp3) is 1.00. The molecule has 0 aliphatic rings. The molecule has 0 aromatic heterocycles. The third-order valence-electron chi connectivity index (χ3n) is 7.61. The van der Waals surface area contributed by atoms with Gasteiger partial charge < -0.3 is 0 Å². The third kappa shape index (κ3) is 8.46. The van der Waals surface area contributed by atoms with E-state index < -0.39 is 138 Å². The van der Waals surface area contributed by atoms with Gasteiger partial charge in [-0.05, 0) is 0 Å². The second-order valence-corrected chi connectivity index (χ2v) is 15.1. The second kappa shape index (κ2) is 16.7. The van der Waals surface area contributed by atoms with Crippen LogP contribution in [0.5, 0.6) is 0 Å². The monoisotopic (exact) mass is 1200 g/mol. The molecule has 70 heavy (non-hydrogen) atoms. The predicted octanol–water partition coefficient (Wildman–Crippen LogP) is 12.2. The number of hydrogen-bond donors (Lipinski definition) is 2. The van der Waals surface area contributed by atoms with Gasteiger partial charge in [-0.1, -0.05) is 0 Å². The third-order valence-corrected chi connectivity index (χ3v) is 9.42. The molecule has 0 aliphatic carbocycles. The summed E-state index contributed by atoms with van der Waals surface area (Å²) in [7, 11) is -16.1. The maximum absolute atomic E-state index is 13.5. The number of alkyl halides is 42. The molecule has 0 aliphatic heterocycles. The lowest BCUT2D eigenvalue weighted by Gasteiger charge is -2.45. The Labute approximate surface area is 349 Å². The van der Waals surface area contributed by atoms with E-state index in [2.05, 4.69) is 0 Å². The Morgan fingerprint density at radius 2 is 0.257 bits per heavy atom. The summed E-state index contributed by atoms with van der Waals surface area (Å²) in [6.07, 6.45) is -16.1. The summed E-state index contributed by atoms with van der Waals surface area (Å²) in [6.45, 7) is 0. The summed E-state index contributed by atoms with van der Waals surface area (Å²) in [5.74, 6) is -146. The summed E-state index contributed by atoms with van der Waals surface area (Å²) in [4.78, 5) is 0. The van der Waals surface area contributed by atoms with Crippen LogP contribution < -0.4 is 0 Å². The van der Waals surface area contributed by atoms with Crippen LogP contribution >= 0.6 is 0 Å². The Morgan fingerprint density at radius 1 is 0.171 bits per heavy atom. The van der Waals surface area contributed by atoms with Crippen LogP contribution in [0.4, 0.5) is 184 Å². The van der Waals surface area contributed by atoms with Crippen LogP contribution in [0.3, 0.4) is 0 Å². The summed E-state index contributed by atoms with van der Waals surface area (Å²) in [5, 5.41) is -16.1. The normalized spacial score (nSPS) is 17.1. The first-order valence-corrected chi connectivity index (χ1v) is 16.8. The molecule has 0 atom stereocenters. The topological polar surface area (TPSA) is 109 Å². The van der Waals surface area contributed by atoms with Gasteiger partial charge in [-0.25, -0.2) is 0 Å². The van der Waals surface area contributed by atoms with Gasteiger partial charge in [0, 0.05) is 0 Å². The van der Waals surface area contributed by atoms with Gasteiger partial charge in [0.25, 0.3) is 0 Å². The maximum Gasteiger partial charge on any atom is 0.460 e. The molecule has 50 heteroatoms. The summed E-state index contributed by atoms with van der Waals surface area (Å²) >= 11 is 0. The Bertz CT molecular complexity index is 2120. The van der Waals surface area contributed by atoms with Gasteiger partial charge in [-0.15, -0.1) is 0 Å². The van der Waals surface area contributed by atoms with Crippen molar-refractivity contribution in [2.24, 2.45) is 0 Å². The van der Waals surface area contributed by atoms with Crippen LogP contribution in [0.15, 0.2) is 0 Å². The first-order chi connectivity index (χ1) is 29.0. The Hall–Kier alpha value is -3.12. The lowest BCUT2D eigenvalue weighted by Crippen LogP contribution is -2.78. The molecule has 0 unspecified atom stereocenters. The average Bonchev–Trinajstić information content (AvgIpc) is 3.08. The molecule has 0 amide bonds. The molecule has 0 radical (unpaired) electrons. The van der Waals surface area contributed by atoms with Crippen molar-refractivity contribution in [3.8, 4) is 0 Å². The van der Waals surface area contributed by atoms with Crippen LogP contribution in [0, 0.1) is 0 Å². The first-order valence-electron chi connectivity index (χ1n) is 13.9.